The molecule has 0 radical (unpaired) electrons. The standard InChI is InChI=1S/C18H20O2/c1-13-11-14(2)17(19)18(3,12-13)10-9-15-5-7-16(20-4)8-6-15/h5-12H,1-4H3/b10-9+. The number of methoxy groups -OCH3 is 1. The van der Waals surface area contributed by atoms with Gasteiger partial charge in [0.2, 0.25) is 0 Å². The summed E-state index contributed by atoms with van der Waals surface area (Å²) >= 11 is 0. The first-order valence-corrected chi connectivity index (χ1v) is 6.70. The molecule has 20 heavy (non-hydrogen) atoms. The van der Waals surface area contributed by atoms with Crippen molar-refractivity contribution in [3.63, 3.8) is 0 Å². The summed E-state index contributed by atoms with van der Waals surface area (Å²) in [5.74, 6) is 0.990. The van der Waals surface area contributed by atoms with Crippen LogP contribution >= 0.6 is 0 Å². The Morgan fingerprint density at radius 1 is 1.15 bits per heavy atom. The number of rotatable bonds is 3. The number of carbonyl (C=O) groups excluding carboxylic acids is 1. The second-order valence-corrected chi connectivity index (χ2v) is 5.43. The van der Waals surface area contributed by atoms with Crippen molar-refractivity contribution >= 4 is 11.9 Å². The highest BCUT2D eigenvalue weighted by molar-refractivity contribution is 6.04. The van der Waals surface area contributed by atoms with Crippen LogP contribution in [0.15, 0.2) is 53.6 Å². The topological polar surface area (TPSA) is 26.3 Å². The molecule has 104 valence electrons. The first-order valence-electron chi connectivity index (χ1n) is 6.70. The quantitative estimate of drug-likeness (QED) is 0.821. The number of carbonyl (C=O) groups is 1. The minimum absolute atomic E-state index is 0.160. The fourth-order valence-corrected chi connectivity index (χ4v) is 2.52. The molecule has 1 unspecified atom stereocenters. The summed E-state index contributed by atoms with van der Waals surface area (Å²) in [5.41, 5.74) is 2.44. The SMILES string of the molecule is COc1ccc(/C=C/C2(C)C=C(C)C=C(C)C2=O)cc1. The molecule has 2 rings (SSSR count). The highest BCUT2D eigenvalue weighted by atomic mass is 16.5. The van der Waals surface area contributed by atoms with Gasteiger partial charge in [0.25, 0.3) is 0 Å². The lowest BCUT2D eigenvalue weighted by atomic mass is 9.77. The van der Waals surface area contributed by atoms with Crippen molar-refractivity contribution in [1.82, 2.24) is 0 Å². The Hall–Kier alpha value is -2.09. The summed E-state index contributed by atoms with van der Waals surface area (Å²) in [6, 6.07) is 7.78. The van der Waals surface area contributed by atoms with Crippen molar-refractivity contribution in [3.05, 3.63) is 59.2 Å². The van der Waals surface area contributed by atoms with E-state index in [-0.39, 0.29) is 5.78 Å². The molecule has 0 saturated heterocycles. The van der Waals surface area contributed by atoms with Crippen LogP contribution in [-0.2, 0) is 4.79 Å². The maximum atomic E-state index is 12.3. The molecule has 0 saturated carbocycles. The largest absolute Gasteiger partial charge is 0.497 e. The second-order valence-electron chi connectivity index (χ2n) is 5.43. The van der Waals surface area contributed by atoms with Crippen LogP contribution in [0, 0.1) is 5.41 Å². The Labute approximate surface area is 120 Å². The van der Waals surface area contributed by atoms with E-state index in [0.29, 0.717) is 0 Å². The van der Waals surface area contributed by atoms with Crippen molar-refractivity contribution < 1.29 is 9.53 Å². The number of hydrogen-bond donors (Lipinski definition) is 0. The molecule has 0 bridgehead atoms. The zero-order valence-corrected chi connectivity index (χ0v) is 12.4. The Kier molecular flexibility index (Phi) is 3.93. The predicted octanol–water partition coefficient (Wildman–Crippen LogP) is 4.19. The maximum Gasteiger partial charge on any atom is 0.172 e. The summed E-state index contributed by atoms with van der Waals surface area (Å²) in [6.07, 6.45) is 7.91. The van der Waals surface area contributed by atoms with Crippen LogP contribution in [0.5, 0.6) is 5.75 Å². The Morgan fingerprint density at radius 2 is 1.80 bits per heavy atom. The van der Waals surface area contributed by atoms with Gasteiger partial charge in [0, 0.05) is 0 Å². The molecule has 0 amide bonds. The van der Waals surface area contributed by atoms with Gasteiger partial charge in [-0.25, -0.2) is 0 Å². The van der Waals surface area contributed by atoms with Gasteiger partial charge in [-0.05, 0) is 44.0 Å². The molecule has 2 nitrogen and oxygen atoms in total. The minimum atomic E-state index is -0.553. The maximum absolute atomic E-state index is 12.3. The van der Waals surface area contributed by atoms with E-state index < -0.39 is 5.41 Å². The van der Waals surface area contributed by atoms with E-state index in [0.717, 1.165) is 22.5 Å². The average Bonchev–Trinajstić information content (AvgIpc) is 2.43. The number of benzene rings is 1. The predicted molar refractivity (Wildman–Crippen MR) is 82.7 cm³/mol. The zero-order valence-electron chi connectivity index (χ0n) is 12.4. The zero-order chi connectivity index (χ0) is 14.8. The third-order valence-electron chi connectivity index (χ3n) is 3.56. The van der Waals surface area contributed by atoms with Crippen LogP contribution in [0.3, 0.4) is 0 Å². The van der Waals surface area contributed by atoms with Gasteiger partial charge < -0.3 is 4.74 Å². The highest BCUT2D eigenvalue weighted by Crippen LogP contribution is 2.32. The Bertz CT molecular complexity index is 603. The van der Waals surface area contributed by atoms with E-state index in [1.54, 1.807) is 7.11 Å². The van der Waals surface area contributed by atoms with Crippen molar-refractivity contribution in [2.45, 2.75) is 20.8 Å². The fraction of sp³-hybridized carbons (Fsp3) is 0.278. The number of hydrogen-bond acceptors (Lipinski definition) is 2. The molecule has 1 aliphatic rings. The number of Topliss-reactive ketones (excluding diaryl/α,β-unsaturated/α-hetero) is 1. The van der Waals surface area contributed by atoms with Crippen molar-refractivity contribution in [3.8, 4) is 5.75 Å². The number of ketones is 1. The van der Waals surface area contributed by atoms with Crippen LogP contribution in [0.1, 0.15) is 26.3 Å². The van der Waals surface area contributed by atoms with Gasteiger partial charge in [0.1, 0.15) is 5.75 Å². The molecule has 0 N–H and O–H groups in total. The van der Waals surface area contributed by atoms with Gasteiger partial charge in [0.15, 0.2) is 5.78 Å². The first-order chi connectivity index (χ1) is 9.44. The molecule has 0 heterocycles. The van der Waals surface area contributed by atoms with Crippen LogP contribution in [0.4, 0.5) is 0 Å². The fourth-order valence-electron chi connectivity index (χ4n) is 2.52. The minimum Gasteiger partial charge on any atom is -0.497 e. The van der Waals surface area contributed by atoms with Crippen molar-refractivity contribution in [2.24, 2.45) is 5.41 Å². The Balaban J connectivity index is 2.25. The summed E-state index contributed by atoms with van der Waals surface area (Å²) in [4.78, 5) is 12.3. The molecule has 1 aromatic carbocycles. The highest BCUT2D eigenvalue weighted by Gasteiger charge is 2.31. The molecule has 1 aliphatic carbocycles. The molecular weight excluding hydrogens is 248 g/mol. The van der Waals surface area contributed by atoms with Gasteiger partial charge in [0.05, 0.1) is 12.5 Å². The molecule has 2 heteroatoms. The molecule has 0 spiro atoms. The number of allylic oxidation sites excluding steroid dienone is 5. The van der Waals surface area contributed by atoms with Crippen molar-refractivity contribution in [1.29, 1.82) is 0 Å². The lowest BCUT2D eigenvalue weighted by Crippen LogP contribution is -2.26. The van der Waals surface area contributed by atoms with Gasteiger partial charge in [-0.2, -0.15) is 0 Å². The summed E-state index contributed by atoms with van der Waals surface area (Å²) in [5, 5.41) is 0. The third-order valence-corrected chi connectivity index (χ3v) is 3.56. The van der Waals surface area contributed by atoms with Crippen LogP contribution in [-0.4, -0.2) is 12.9 Å². The molecule has 0 fully saturated rings. The molecule has 0 aliphatic heterocycles. The van der Waals surface area contributed by atoms with E-state index in [1.165, 1.54) is 0 Å². The summed E-state index contributed by atoms with van der Waals surface area (Å²) < 4.78 is 5.13. The lowest BCUT2D eigenvalue weighted by Gasteiger charge is -2.25. The average molecular weight is 268 g/mol. The Morgan fingerprint density at radius 3 is 2.40 bits per heavy atom. The van der Waals surface area contributed by atoms with Crippen molar-refractivity contribution in [2.75, 3.05) is 7.11 Å². The normalized spacial score (nSPS) is 22.7. The van der Waals surface area contributed by atoms with Gasteiger partial charge in [-0.1, -0.05) is 42.0 Å². The van der Waals surface area contributed by atoms with Gasteiger partial charge in [-0.15, -0.1) is 0 Å². The van der Waals surface area contributed by atoms with E-state index in [9.17, 15) is 4.79 Å². The smallest absolute Gasteiger partial charge is 0.172 e. The first kappa shape index (κ1) is 14.3. The lowest BCUT2D eigenvalue weighted by molar-refractivity contribution is -0.120. The van der Waals surface area contributed by atoms with E-state index in [2.05, 4.69) is 0 Å². The summed E-state index contributed by atoms with van der Waals surface area (Å²) in [7, 11) is 1.65. The second kappa shape index (κ2) is 5.49. The van der Waals surface area contributed by atoms with Crippen LogP contribution < -0.4 is 4.74 Å². The monoisotopic (exact) mass is 268 g/mol. The molecule has 0 aromatic heterocycles. The van der Waals surface area contributed by atoms with E-state index >= 15 is 0 Å². The van der Waals surface area contributed by atoms with Gasteiger partial charge in [-0.3, -0.25) is 4.79 Å². The van der Waals surface area contributed by atoms with E-state index in [4.69, 9.17) is 4.74 Å². The van der Waals surface area contributed by atoms with E-state index in [1.807, 2.05) is 69.3 Å². The third kappa shape index (κ3) is 2.90. The van der Waals surface area contributed by atoms with Crippen LogP contribution in [0.2, 0.25) is 0 Å². The summed E-state index contributed by atoms with van der Waals surface area (Å²) in [6.45, 7) is 5.85. The number of ether oxygens (including phenoxy) is 1. The molecule has 1 atom stereocenters. The molecule has 1 aromatic rings. The molecular formula is C18H20O2. The van der Waals surface area contributed by atoms with Crippen LogP contribution in [0.25, 0.3) is 6.08 Å². The van der Waals surface area contributed by atoms with Gasteiger partial charge >= 0.3 is 0 Å².